The monoisotopic (exact) mass is 210 g/mol. The maximum atomic E-state index is 12.1. The summed E-state index contributed by atoms with van der Waals surface area (Å²) in [7, 11) is 0. The number of hydrogen-bond donors (Lipinski definition) is 1. The Labute approximate surface area is 90.0 Å². The minimum atomic E-state index is -0.295. The van der Waals surface area contributed by atoms with Crippen molar-refractivity contribution in [1.29, 1.82) is 0 Å². The third-order valence-electron chi connectivity index (χ3n) is 3.62. The summed E-state index contributed by atoms with van der Waals surface area (Å²) in [6.45, 7) is 4.81. The molecule has 2 amide bonds. The molecule has 15 heavy (non-hydrogen) atoms. The minimum Gasteiger partial charge on any atom is -0.342 e. The van der Waals surface area contributed by atoms with Crippen LogP contribution in [0.2, 0.25) is 0 Å². The van der Waals surface area contributed by atoms with E-state index in [9.17, 15) is 9.59 Å². The molecular weight excluding hydrogens is 192 g/mol. The lowest BCUT2D eigenvalue weighted by Gasteiger charge is -2.36. The Morgan fingerprint density at radius 1 is 1.53 bits per heavy atom. The first-order chi connectivity index (χ1) is 7.15. The van der Waals surface area contributed by atoms with E-state index in [-0.39, 0.29) is 29.8 Å². The van der Waals surface area contributed by atoms with Gasteiger partial charge in [-0.15, -0.1) is 0 Å². The second-order valence-electron chi connectivity index (χ2n) is 4.56. The molecule has 0 aromatic rings. The van der Waals surface area contributed by atoms with Crippen molar-refractivity contribution in [2.45, 2.75) is 45.2 Å². The van der Waals surface area contributed by atoms with Crippen LogP contribution in [-0.2, 0) is 9.59 Å². The van der Waals surface area contributed by atoms with Gasteiger partial charge in [0.2, 0.25) is 11.8 Å². The summed E-state index contributed by atoms with van der Waals surface area (Å²) in [5.74, 6) is 0.381. The molecule has 2 fully saturated rings. The van der Waals surface area contributed by atoms with Gasteiger partial charge in [0, 0.05) is 6.54 Å². The van der Waals surface area contributed by atoms with Crippen LogP contribution in [0.1, 0.15) is 33.1 Å². The SMILES string of the molecule is CC[C@@H](C)[C@@H]1NC(=O)[C@H]2CCCN2C1=O. The van der Waals surface area contributed by atoms with Crippen molar-refractivity contribution in [1.82, 2.24) is 10.2 Å². The van der Waals surface area contributed by atoms with Gasteiger partial charge in [0.25, 0.3) is 0 Å². The molecule has 2 aliphatic rings. The highest BCUT2D eigenvalue weighted by atomic mass is 16.2. The zero-order chi connectivity index (χ0) is 11.0. The van der Waals surface area contributed by atoms with Crippen LogP contribution in [0, 0.1) is 5.92 Å². The Hall–Kier alpha value is -1.06. The number of fused-ring (bicyclic) bond motifs is 1. The zero-order valence-corrected chi connectivity index (χ0v) is 9.32. The normalized spacial score (nSPS) is 32.5. The number of hydrogen-bond acceptors (Lipinski definition) is 2. The molecule has 2 aliphatic heterocycles. The lowest BCUT2D eigenvalue weighted by Crippen LogP contribution is -2.62. The van der Waals surface area contributed by atoms with Gasteiger partial charge in [0.1, 0.15) is 12.1 Å². The molecule has 0 radical (unpaired) electrons. The molecule has 0 unspecified atom stereocenters. The Morgan fingerprint density at radius 3 is 2.93 bits per heavy atom. The molecule has 4 heteroatoms. The fraction of sp³-hybridized carbons (Fsp3) is 0.818. The highest BCUT2D eigenvalue weighted by Gasteiger charge is 2.44. The topological polar surface area (TPSA) is 49.4 Å². The van der Waals surface area contributed by atoms with Gasteiger partial charge in [-0.05, 0) is 18.8 Å². The van der Waals surface area contributed by atoms with Gasteiger partial charge < -0.3 is 10.2 Å². The van der Waals surface area contributed by atoms with E-state index in [2.05, 4.69) is 5.32 Å². The number of carbonyl (C=O) groups is 2. The van der Waals surface area contributed by atoms with Crippen molar-refractivity contribution < 1.29 is 9.59 Å². The third-order valence-corrected chi connectivity index (χ3v) is 3.62. The van der Waals surface area contributed by atoms with Crippen molar-refractivity contribution in [3.8, 4) is 0 Å². The van der Waals surface area contributed by atoms with E-state index in [1.807, 2.05) is 13.8 Å². The zero-order valence-electron chi connectivity index (χ0n) is 9.32. The van der Waals surface area contributed by atoms with Crippen LogP contribution < -0.4 is 5.32 Å². The van der Waals surface area contributed by atoms with E-state index in [1.54, 1.807) is 4.90 Å². The molecule has 0 aromatic heterocycles. The largest absolute Gasteiger partial charge is 0.342 e. The van der Waals surface area contributed by atoms with Crippen molar-refractivity contribution in [3.63, 3.8) is 0 Å². The molecular formula is C11H18N2O2. The summed E-state index contributed by atoms with van der Waals surface area (Å²) in [6, 6.07) is -0.477. The van der Waals surface area contributed by atoms with Crippen LogP contribution in [0.4, 0.5) is 0 Å². The van der Waals surface area contributed by atoms with Crippen LogP contribution in [-0.4, -0.2) is 35.3 Å². The van der Waals surface area contributed by atoms with Gasteiger partial charge in [-0.1, -0.05) is 20.3 Å². The predicted molar refractivity (Wildman–Crippen MR) is 56.1 cm³/mol. The van der Waals surface area contributed by atoms with Crippen LogP contribution >= 0.6 is 0 Å². The summed E-state index contributed by atoms with van der Waals surface area (Å²) in [6.07, 6.45) is 2.69. The molecule has 3 atom stereocenters. The lowest BCUT2D eigenvalue weighted by molar-refractivity contribution is -0.148. The van der Waals surface area contributed by atoms with E-state index in [0.717, 1.165) is 25.8 Å². The molecule has 0 spiro atoms. The second-order valence-corrected chi connectivity index (χ2v) is 4.56. The van der Waals surface area contributed by atoms with Gasteiger partial charge in [0.15, 0.2) is 0 Å². The van der Waals surface area contributed by atoms with E-state index >= 15 is 0 Å². The molecule has 84 valence electrons. The van der Waals surface area contributed by atoms with Crippen LogP contribution in [0.3, 0.4) is 0 Å². The average Bonchev–Trinajstić information content (AvgIpc) is 2.71. The second kappa shape index (κ2) is 3.83. The highest BCUT2D eigenvalue weighted by molar-refractivity contribution is 5.97. The van der Waals surface area contributed by atoms with Gasteiger partial charge >= 0.3 is 0 Å². The molecule has 2 saturated heterocycles. The van der Waals surface area contributed by atoms with Gasteiger partial charge in [0.05, 0.1) is 0 Å². The smallest absolute Gasteiger partial charge is 0.246 e. The molecule has 0 aliphatic carbocycles. The third kappa shape index (κ3) is 1.62. The highest BCUT2D eigenvalue weighted by Crippen LogP contribution is 2.24. The minimum absolute atomic E-state index is 0.0393. The van der Waals surface area contributed by atoms with Crippen LogP contribution in [0.5, 0.6) is 0 Å². The first-order valence-corrected chi connectivity index (χ1v) is 5.76. The quantitative estimate of drug-likeness (QED) is 0.722. The molecule has 0 aromatic carbocycles. The summed E-state index contributed by atoms with van der Waals surface area (Å²) < 4.78 is 0. The Kier molecular flexibility index (Phi) is 2.67. The number of carbonyl (C=O) groups excluding carboxylic acids is 2. The van der Waals surface area contributed by atoms with E-state index in [4.69, 9.17) is 0 Å². The van der Waals surface area contributed by atoms with Crippen molar-refractivity contribution in [2.75, 3.05) is 6.54 Å². The van der Waals surface area contributed by atoms with Gasteiger partial charge in [-0.2, -0.15) is 0 Å². The van der Waals surface area contributed by atoms with E-state index in [1.165, 1.54) is 0 Å². The fourth-order valence-electron chi connectivity index (χ4n) is 2.41. The average molecular weight is 210 g/mol. The summed E-state index contributed by atoms with van der Waals surface area (Å²) in [5, 5.41) is 2.86. The first-order valence-electron chi connectivity index (χ1n) is 5.76. The van der Waals surface area contributed by atoms with Crippen molar-refractivity contribution in [3.05, 3.63) is 0 Å². The maximum absolute atomic E-state index is 12.1. The summed E-state index contributed by atoms with van der Waals surface area (Å²) >= 11 is 0. The van der Waals surface area contributed by atoms with Crippen molar-refractivity contribution in [2.24, 2.45) is 5.92 Å². The number of nitrogens with zero attached hydrogens (tertiary/aromatic N) is 1. The molecule has 2 rings (SSSR count). The summed E-state index contributed by atoms with van der Waals surface area (Å²) in [4.78, 5) is 25.6. The number of rotatable bonds is 2. The maximum Gasteiger partial charge on any atom is 0.246 e. The van der Waals surface area contributed by atoms with Gasteiger partial charge in [-0.3, -0.25) is 9.59 Å². The van der Waals surface area contributed by atoms with Crippen LogP contribution in [0.15, 0.2) is 0 Å². The molecule has 4 nitrogen and oxygen atoms in total. The molecule has 0 bridgehead atoms. The molecule has 1 N–H and O–H groups in total. The molecule has 0 saturated carbocycles. The number of piperazine rings is 1. The lowest BCUT2D eigenvalue weighted by atomic mass is 9.95. The fourth-order valence-corrected chi connectivity index (χ4v) is 2.41. The first kappa shape index (κ1) is 10.5. The number of nitrogens with one attached hydrogen (secondary N) is 1. The Balaban J connectivity index is 2.17. The van der Waals surface area contributed by atoms with E-state index < -0.39 is 0 Å². The van der Waals surface area contributed by atoms with Gasteiger partial charge in [-0.25, -0.2) is 0 Å². The van der Waals surface area contributed by atoms with E-state index in [0.29, 0.717) is 0 Å². The summed E-state index contributed by atoms with van der Waals surface area (Å²) in [5.41, 5.74) is 0. The Morgan fingerprint density at radius 2 is 2.27 bits per heavy atom. The molecule has 2 heterocycles. The Bertz CT molecular complexity index is 290. The number of amides is 2. The predicted octanol–water partition coefficient (Wildman–Crippen LogP) is 0.522. The van der Waals surface area contributed by atoms with Crippen molar-refractivity contribution >= 4 is 11.8 Å². The standard InChI is InChI=1S/C11H18N2O2/c1-3-7(2)9-11(15)13-6-4-5-8(13)10(14)12-9/h7-9H,3-6H2,1-2H3,(H,12,14)/t7-,8-,9+/m1/s1. The van der Waals surface area contributed by atoms with Crippen LogP contribution in [0.25, 0.3) is 0 Å².